The Labute approximate surface area is 110 Å². The van der Waals surface area contributed by atoms with E-state index in [4.69, 9.17) is 0 Å². The standard InChI is InChI=1S/C14H24N4/c1-4-15-12(3)13-6-5-7-18(10-13)14-16-8-11(2)9-17-14/h8-9,12-13,15H,4-7,10H2,1-3H3. The molecule has 2 unspecified atom stereocenters. The molecule has 0 amide bonds. The number of hydrogen-bond acceptors (Lipinski definition) is 4. The van der Waals surface area contributed by atoms with Crippen LogP contribution in [0.2, 0.25) is 0 Å². The van der Waals surface area contributed by atoms with Gasteiger partial charge >= 0.3 is 0 Å². The van der Waals surface area contributed by atoms with Crippen molar-refractivity contribution in [1.29, 1.82) is 0 Å². The molecular formula is C14H24N4. The lowest BCUT2D eigenvalue weighted by molar-refractivity contribution is 0.322. The van der Waals surface area contributed by atoms with Crippen LogP contribution in [0.4, 0.5) is 5.95 Å². The first-order valence-electron chi connectivity index (χ1n) is 6.97. The highest BCUT2D eigenvalue weighted by Gasteiger charge is 2.25. The van der Waals surface area contributed by atoms with Gasteiger partial charge in [-0.1, -0.05) is 6.92 Å². The molecule has 4 nitrogen and oxygen atoms in total. The molecule has 1 fully saturated rings. The van der Waals surface area contributed by atoms with E-state index in [1.54, 1.807) is 0 Å². The van der Waals surface area contributed by atoms with Crippen molar-refractivity contribution in [1.82, 2.24) is 15.3 Å². The topological polar surface area (TPSA) is 41.0 Å². The Bertz CT molecular complexity index is 363. The van der Waals surface area contributed by atoms with Crippen LogP contribution in [0.25, 0.3) is 0 Å². The van der Waals surface area contributed by atoms with Crippen molar-refractivity contribution in [3.63, 3.8) is 0 Å². The van der Waals surface area contributed by atoms with Gasteiger partial charge in [-0.2, -0.15) is 0 Å². The van der Waals surface area contributed by atoms with Crippen LogP contribution in [0.3, 0.4) is 0 Å². The summed E-state index contributed by atoms with van der Waals surface area (Å²) in [6.07, 6.45) is 6.34. The number of anilines is 1. The molecule has 2 heterocycles. The van der Waals surface area contributed by atoms with Gasteiger partial charge < -0.3 is 10.2 Å². The third-order valence-corrected chi connectivity index (χ3v) is 3.74. The average molecular weight is 248 g/mol. The van der Waals surface area contributed by atoms with Crippen molar-refractivity contribution >= 4 is 5.95 Å². The fourth-order valence-electron chi connectivity index (χ4n) is 2.64. The molecule has 0 aromatic carbocycles. The van der Waals surface area contributed by atoms with E-state index in [1.807, 2.05) is 19.3 Å². The molecule has 1 aliphatic rings. The smallest absolute Gasteiger partial charge is 0.225 e. The number of aromatic nitrogens is 2. The van der Waals surface area contributed by atoms with Crippen LogP contribution >= 0.6 is 0 Å². The highest BCUT2D eigenvalue weighted by atomic mass is 15.3. The quantitative estimate of drug-likeness (QED) is 0.885. The van der Waals surface area contributed by atoms with Gasteiger partial charge in [0, 0.05) is 31.5 Å². The van der Waals surface area contributed by atoms with Gasteiger partial charge in [-0.05, 0) is 44.7 Å². The molecule has 0 radical (unpaired) electrons. The molecule has 1 N–H and O–H groups in total. The van der Waals surface area contributed by atoms with Crippen LogP contribution in [0.15, 0.2) is 12.4 Å². The highest BCUT2D eigenvalue weighted by Crippen LogP contribution is 2.22. The van der Waals surface area contributed by atoms with Crippen molar-refractivity contribution in [2.75, 3.05) is 24.5 Å². The number of nitrogens with one attached hydrogen (secondary N) is 1. The molecule has 1 aromatic rings. The number of aryl methyl sites for hydroxylation is 1. The second-order valence-corrected chi connectivity index (χ2v) is 5.26. The normalized spacial score (nSPS) is 21.9. The first kappa shape index (κ1) is 13.3. The van der Waals surface area contributed by atoms with Crippen molar-refractivity contribution < 1.29 is 0 Å². The number of hydrogen-bond donors (Lipinski definition) is 1. The predicted octanol–water partition coefficient (Wildman–Crippen LogP) is 2.00. The Kier molecular flexibility index (Phi) is 4.53. The summed E-state index contributed by atoms with van der Waals surface area (Å²) in [5.74, 6) is 1.58. The molecule has 2 rings (SSSR count). The van der Waals surface area contributed by atoms with E-state index in [-0.39, 0.29) is 0 Å². The summed E-state index contributed by atoms with van der Waals surface area (Å²) >= 11 is 0. The van der Waals surface area contributed by atoms with E-state index in [9.17, 15) is 0 Å². The molecule has 1 saturated heterocycles. The van der Waals surface area contributed by atoms with E-state index in [0.29, 0.717) is 12.0 Å². The van der Waals surface area contributed by atoms with Gasteiger partial charge in [0.1, 0.15) is 0 Å². The summed E-state index contributed by atoms with van der Waals surface area (Å²) in [6, 6.07) is 0.572. The maximum Gasteiger partial charge on any atom is 0.225 e. The Hall–Kier alpha value is -1.16. The Morgan fingerprint density at radius 3 is 2.83 bits per heavy atom. The highest BCUT2D eigenvalue weighted by molar-refractivity contribution is 5.30. The van der Waals surface area contributed by atoms with E-state index in [1.165, 1.54) is 12.8 Å². The molecule has 0 saturated carbocycles. The minimum atomic E-state index is 0.572. The van der Waals surface area contributed by atoms with Crippen molar-refractivity contribution in [3.05, 3.63) is 18.0 Å². The predicted molar refractivity (Wildman–Crippen MR) is 74.8 cm³/mol. The minimum absolute atomic E-state index is 0.572. The van der Waals surface area contributed by atoms with Crippen molar-refractivity contribution in [2.45, 2.75) is 39.7 Å². The van der Waals surface area contributed by atoms with E-state index >= 15 is 0 Å². The van der Waals surface area contributed by atoms with E-state index in [0.717, 1.165) is 31.1 Å². The summed E-state index contributed by atoms with van der Waals surface area (Å²) in [5, 5.41) is 3.53. The van der Waals surface area contributed by atoms with Gasteiger partial charge in [-0.25, -0.2) is 9.97 Å². The molecule has 1 aliphatic heterocycles. The fourth-order valence-corrected chi connectivity index (χ4v) is 2.64. The van der Waals surface area contributed by atoms with Gasteiger partial charge in [-0.3, -0.25) is 0 Å². The minimum Gasteiger partial charge on any atom is -0.340 e. The lowest BCUT2D eigenvalue weighted by Crippen LogP contribution is -2.45. The van der Waals surface area contributed by atoms with Crippen molar-refractivity contribution in [2.24, 2.45) is 5.92 Å². The molecule has 0 aliphatic carbocycles. The zero-order valence-electron chi connectivity index (χ0n) is 11.7. The lowest BCUT2D eigenvalue weighted by Gasteiger charge is -2.36. The Morgan fingerprint density at radius 2 is 2.17 bits per heavy atom. The van der Waals surface area contributed by atoms with Crippen LogP contribution in [0.5, 0.6) is 0 Å². The number of rotatable bonds is 4. The summed E-state index contributed by atoms with van der Waals surface area (Å²) in [4.78, 5) is 11.2. The van der Waals surface area contributed by atoms with E-state index < -0.39 is 0 Å². The lowest BCUT2D eigenvalue weighted by atomic mass is 9.92. The van der Waals surface area contributed by atoms with E-state index in [2.05, 4.69) is 34.0 Å². The fraction of sp³-hybridized carbons (Fsp3) is 0.714. The first-order chi connectivity index (χ1) is 8.70. The molecule has 0 bridgehead atoms. The molecular weight excluding hydrogens is 224 g/mol. The van der Waals surface area contributed by atoms with Gasteiger partial charge in [0.25, 0.3) is 0 Å². The zero-order valence-corrected chi connectivity index (χ0v) is 11.7. The van der Waals surface area contributed by atoms with Crippen molar-refractivity contribution in [3.8, 4) is 0 Å². The van der Waals surface area contributed by atoms with Crippen LogP contribution in [0, 0.1) is 12.8 Å². The zero-order chi connectivity index (χ0) is 13.0. The number of nitrogens with zero attached hydrogens (tertiary/aromatic N) is 3. The largest absolute Gasteiger partial charge is 0.340 e. The maximum absolute atomic E-state index is 4.44. The SMILES string of the molecule is CCNC(C)C1CCCN(c2ncc(C)cn2)C1. The second kappa shape index (κ2) is 6.14. The van der Waals surface area contributed by atoms with Gasteiger partial charge in [0.05, 0.1) is 0 Å². The Morgan fingerprint density at radius 1 is 1.44 bits per heavy atom. The van der Waals surface area contributed by atoms with Gasteiger partial charge in [-0.15, -0.1) is 0 Å². The molecule has 4 heteroatoms. The Balaban J connectivity index is 2.00. The van der Waals surface area contributed by atoms with Crippen LogP contribution in [-0.4, -0.2) is 35.6 Å². The third-order valence-electron chi connectivity index (χ3n) is 3.74. The summed E-state index contributed by atoms with van der Waals surface area (Å²) < 4.78 is 0. The first-order valence-corrected chi connectivity index (χ1v) is 6.97. The summed E-state index contributed by atoms with van der Waals surface area (Å²) in [7, 11) is 0. The summed E-state index contributed by atoms with van der Waals surface area (Å²) in [6.45, 7) is 9.66. The van der Waals surface area contributed by atoms with Gasteiger partial charge in [0.2, 0.25) is 5.95 Å². The maximum atomic E-state index is 4.44. The van der Waals surface area contributed by atoms with Crippen LogP contribution in [-0.2, 0) is 0 Å². The molecule has 100 valence electrons. The molecule has 18 heavy (non-hydrogen) atoms. The average Bonchev–Trinajstić information content (AvgIpc) is 2.40. The second-order valence-electron chi connectivity index (χ2n) is 5.26. The van der Waals surface area contributed by atoms with Crippen LogP contribution < -0.4 is 10.2 Å². The van der Waals surface area contributed by atoms with Crippen LogP contribution in [0.1, 0.15) is 32.3 Å². The monoisotopic (exact) mass is 248 g/mol. The molecule has 2 atom stereocenters. The number of piperidine rings is 1. The molecule has 0 spiro atoms. The third kappa shape index (κ3) is 3.19. The molecule has 1 aromatic heterocycles. The van der Waals surface area contributed by atoms with Gasteiger partial charge in [0.15, 0.2) is 0 Å². The summed E-state index contributed by atoms with van der Waals surface area (Å²) in [5.41, 5.74) is 1.12.